The maximum absolute atomic E-state index is 8.65. The lowest BCUT2D eigenvalue weighted by molar-refractivity contribution is 0.208. The van der Waals surface area contributed by atoms with Crippen LogP contribution in [0.25, 0.3) is 0 Å². The highest BCUT2D eigenvalue weighted by Crippen LogP contribution is 2.19. The zero-order valence-corrected chi connectivity index (χ0v) is 11.7. The minimum atomic E-state index is -0.0683. The monoisotopic (exact) mass is 251 g/mol. The van der Waals surface area contributed by atoms with Crippen LogP contribution in [0.2, 0.25) is 0 Å². The fraction of sp³-hybridized carbons (Fsp3) is 0.571. The highest BCUT2D eigenvalue weighted by atomic mass is 32.1. The molecule has 17 heavy (non-hydrogen) atoms. The van der Waals surface area contributed by atoms with Crippen LogP contribution in [-0.2, 0) is 6.54 Å². The van der Waals surface area contributed by atoms with Crippen molar-refractivity contribution < 1.29 is 5.11 Å². The molecule has 1 unspecified atom stereocenters. The number of thiophene rings is 1. The summed E-state index contributed by atoms with van der Waals surface area (Å²) in [5.41, 5.74) is 0. The second-order valence-corrected chi connectivity index (χ2v) is 5.21. The largest absolute Gasteiger partial charge is 0.384 e. The summed E-state index contributed by atoms with van der Waals surface area (Å²) in [7, 11) is 0. The first-order chi connectivity index (χ1) is 8.21. The van der Waals surface area contributed by atoms with E-state index < -0.39 is 0 Å². The number of hydrogen-bond acceptors (Lipinski definition) is 3. The molecule has 3 heteroatoms. The molecule has 0 aliphatic heterocycles. The molecule has 0 spiro atoms. The van der Waals surface area contributed by atoms with Gasteiger partial charge in [-0.2, -0.15) is 0 Å². The van der Waals surface area contributed by atoms with E-state index in [1.54, 1.807) is 11.3 Å². The zero-order valence-electron chi connectivity index (χ0n) is 10.9. The summed E-state index contributed by atoms with van der Waals surface area (Å²) < 4.78 is 0. The molecule has 1 atom stereocenters. The van der Waals surface area contributed by atoms with Crippen LogP contribution in [0.4, 0.5) is 0 Å². The van der Waals surface area contributed by atoms with Gasteiger partial charge in [0.1, 0.15) is 6.61 Å². The molecule has 0 fully saturated rings. The highest BCUT2D eigenvalue weighted by Gasteiger charge is 2.11. The van der Waals surface area contributed by atoms with Gasteiger partial charge >= 0.3 is 0 Å². The lowest BCUT2D eigenvalue weighted by Crippen LogP contribution is -2.31. The van der Waals surface area contributed by atoms with Crippen molar-refractivity contribution in [2.75, 3.05) is 13.2 Å². The van der Waals surface area contributed by atoms with Crippen molar-refractivity contribution in [3.8, 4) is 11.8 Å². The van der Waals surface area contributed by atoms with Crippen LogP contribution >= 0.6 is 11.3 Å². The molecule has 0 aliphatic rings. The molecule has 0 saturated carbocycles. The van der Waals surface area contributed by atoms with E-state index in [9.17, 15) is 0 Å². The second-order valence-electron chi connectivity index (χ2n) is 4.05. The van der Waals surface area contributed by atoms with Gasteiger partial charge in [-0.3, -0.25) is 4.90 Å². The maximum atomic E-state index is 8.65. The van der Waals surface area contributed by atoms with E-state index in [0.29, 0.717) is 6.04 Å². The van der Waals surface area contributed by atoms with Crippen LogP contribution in [0.1, 0.15) is 36.9 Å². The van der Waals surface area contributed by atoms with E-state index in [1.807, 2.05) is 6.07 Å². The molecule has 94 valence electrons. The van der Waals surface area contributed by atoms with Gasteiger partial charge in [0.2, 0.25) is 0 Å². The first kappa shape index (κ1) is 14.2. The number of aliphatic hydroxyl groups excluding tert-OH is 1. The topological polar surface area (TPSA) is 23.5 Å². The van der Waals surface area contributed by atoms with E-state index >= 15 is 0 Å². The first-order valence-corrected chi connectivity index (χ1v) is 6.95. The Morgan fingerprint density at radius 1 is 1.41 bits per heavy atom. The van der Waals surface area contributed by atoms with E-state index in [1.165, 1.54) is 11.3 Å². The molecule has 0 aromatic carbocycles. The van der Waals surface area contributed by atoms with Crippen molar-refractivity contribution in [3.63, 3.8) is 0 Å². The molecule has 1 heterocycles. The smallest absolute Gasteiger partial charge is 0.104 e. The number of nitrogens with zero attached hydrogens (tertiary/aromatic N) is 1. The summed E-state index contributed by atoms with van der Waals surface area (Å²) in [6.07, 6.45) is 1.18. The maximum Gasteiger partial charge on any atom is 0.104 e. The third kappa shape index (κ3) is 4.51. The standard InChI is InChI=1S/C14H21NOS/c1-4-12(3)15(5-2)11-14-9-8-13(17-14)7-6-10-16/h8-9,12,16H,4-5,10-11H2,1-3H3. The molecule has 2 nitrogen and oxygen atoms in total. The lowest BCUT2D eigenvalue weighted by Gasteiger charge is -2.26. The number of hydrogen-bond donors (Lipinski definition) is 1. The molecule has 1 rings (SSSR count). The van der Waals surface area contributed by atoms with Crippen molar-refractivity contribution in [2.45, 2.75) is 39.8 Å². The van der Waals surface area contributed by atoms with Crippen molar-refractivity contribution in [1.29, 1.82) is 0 Å². The third-order valence-corrected chi connectivity index (χ3v) is 3.92. The molecular weight excluding hydrogens is 230 g/mol. The Bertz CT molecular complexity index is 388. The van der Waals surface area contributed by atoms with Crippen LogP contribution in [0.5, 0.6) is 0 Å². The Morgan fingerprint density at radius 2 is 2.18 bits per heavy atom. The van der Waals surface area contributed by atoms with Gasteiger partial charge in [0, 0.05) is 17.5 Å². The minimum Gasteiger partial charge on any atom is -0.384 e. The van der Waals surface area contributed by atoms with Gasteiger partial charge in [-0.25, -0.2) is 0 Å². The Labute approximate surface area is 108 Å². The molecule has 1 N–H and O–H groups in total. The normalized spacial score (nSPS) is 12.3. The highest BCUT2D eigenvalue weighted by molar-refractivity contribution is 7.12. The number of aliphatic hydroxyl groups is 1. The fourth-order valence-electron chi connectivity index (χ4n) is 1.69. The Hall–Kier alpha value is -0.820. The summed E-state index contributed by atoms with van der Waals surface area (Å²) in [5, 5.41) is 8.65. The molecular formula is C14H21NOS. The quantitative estimate of drug-likeness (QED) is 0.813. The van der Waals surface area contributed by atoms with E-state index in [4.69, 9.17) is 5.11 Å². The van der Waals surface area contributed by atoms with Gasteiger partial charge in [-0.15, -0.1) is 11.3 Å². The molecule has 0 aliphatic carbocycles. The second kappa shape index (κ2) is 7.50. The van der Waals surface area contributed by atoms with E-state index in [2.05, 4.69) is 43.6 Å². The van der Waals surface area contributed by atoms with Crippen molar-refractivity contribution in [3.05, 3.63) is 21.9 Å². The van der Waals surface area contributed by atoms with Gasteiger partial charge in [-0.05, 0) is 32.0 Å². The SMILES string of the molecule is CCC(C)N(CC)Cc1ccc(C#CCO)s1. The Balaban J connectivity index is 2.64. The average Bonchev–Trinajstić information content (AvgIpc) is 2.80. The van der Waals surface area contributed by atoms with Crippen LogP contribution in [0.3, 0.4) is 0 Å². The van der Waals surface area contributed by atoms with Gasteiger partial charge in [0.25, 0.3) is 0 Å². The molecule has 0 radical (unpaired) electrons. The van der Waals surface area contributed by atoms with Crippen LogP contribution < -0.4 is 0 Å². The lowest BCUT2D eigenvalue weighted by atomic mass is 10.2. The molecule has 0 amide bonds. The zero-order chi connectivity index (χ0) is 12.7. The summed E-state index contributed by atoms with van der Waals surface area (Å²) in [6.45, 7) is 8.69. The van der Waals surface area contributed by atoms with E-state index in [-0.39, 0.29) is 6.61 Å². The van der Waals surface area contributed by atoms with Crippen molar-refractivity contribution >= 4 is 11.3 Å². The van der Waals surface area contributed by atoms with Crippen molar-refractivity contribution in [2.24, 2.45) is 0 Å². The summed E-state index contributed by atoms with van der Waals surface area (Å²) in [6, 6.07) is 4.79. The summed E-state index contributed by atoms with van der Waals surface area (Å²) in [4.78, 5) is 4.85. The average molecular weight is 251 g/mol. The Kier molecular flexibility index (Phi) is 6.28. The summed E-state index contributed by atoms with van der Waals surface area (Å²) >= 11 is 1.72. The minimum absolute atomic E-state index is 0.0683. The fourth-order valence-corrected chi connectivity index (χ4v) is 2.60. The van der Waals surface area contributed by atoms with Crippen LogP contribution in [-0.4, -0.2) is 29.2 Å². The predicted octanol–water partition coefficient (Wildman–Crippen LogP) is 2.71. The molecule has 1 aromatic rings. The predicted molar refractivity (Wildman–Crippen MR) is 74.1 cm³/mol. The first-order valence-electron chi connectivity index (χ1n) is 6.13. The van der Waals surface area contributed by atoms with Crippen LogP contribution in [0, 0.1) is 11.8 Å². The third-order valence-electron chi connectivity index (χ3n) is 2.93. The van der Waals surface area contributed by atoms with Gasteiger partial charge in [-0.1, -0.05) is 25.7 Å². The number of rotatable bonds is 5. The Morgan fingerprint density at radius 3 is 2.76 bits per heavy atom. The van der Waals surface area contributed by atoms with Crippen LogP contribution in [0.15, 0.2) is 12.1 Å². The van der Waals surface area contributed by atoms with Crippen molar-refractivity contribution in [1.82, 2.24) is 4.90 Å². The van der Waals surface area contributed by atoms with Gasteiger partial charge in [0.05, 0.1) is 4.88 Å². The summed E-state index contributed by atoms with van der Waals surface area (Å²) in [5.74, 6) is 5.63. The molecule has 0 saturated heterocycles. The van der Waals surface area contributed by atoms with Gasteiger partial charge < -0.3 is 5.11 Å². The molecule has 1 aromatic heterocycles. The van der Waals surface area contributed by atoms with E-state index in [0.717, 1.165) is 18.0 Å². The van der Waals surface area contributed by atoms with Gasteiger partial charge in [0.15, 0.2) is 0 Å². The molecule has 0 bridgehead atoms.